The van der Waals surface area contributed by atoms with Crippen molar-refractivity contribution in [3.8, 4) is 11.3 Å². The number of hydrogen-bond donors (Lipinski definition) is 0. The molecule has 0 bridgehead atoms. The molecule has 0 atom stereocenters. The van der Waals surface area contributed by atoms with Gasteiger partial charge in [0.2, 0.25) is 5.91 Å². The van der Waals surface area contributed by atoms with Crippen molar-refractivity contribution in [3.05, 3.63) is 36.7 Å². The number of aromatic nitrogens is 3. The van der Waals surface area contributed by atoms with Gasteiger partial charge in [-0.25, -0.2) is 9.97 Å². The zero-order valence-corrected chi connectivity index (χ0v) is 18.7. The summed E-state index contributed by atoms with van der Waals surface area (Å²) in [4.78, 5) is 34.4. The Balaban J connectivity index is 1.23. The largest absolute Gasteiger partial charge is 0.348 e. The maximum absolute atomic E-state index is 13.0. The number of carbonyl (C=O) groups is 1. The molecule has 31 heavy (non-hydrogen) atoms. The van der Waals surface area contributed by atoms with E-state index in [2.05, 4.69) is 26.6 Å². The second-order valence-electron chi connectivity index (χ2n) is 8.27. The Morgan fingerprint density at radius 1 is 1.00 bits per heavy atom. The lowest BCUT2D eigenvalue weighted by Crippen LogP contribution is -2.51. The maximum atomic E-state index is 13.0. The molecule has 162 valence electrons. The van der Waals surface area contributed by atoms with Crippen LogP contribution in [0, 0.1) is 5.92 Å². The Bertz CT molecular complexity index is 1040. The lowest BCUT2D eigenvalue weighted by Gasteiger charge is -2.38. The molecule has 0 unspecified atom stereocenters. The summed E-state index contributed by atoms with van der Waals surface area (Å²) in [5.74, 6) is 0.499. The van der Waals surface area contributed by atoms with Crippen LogP contribution in [0.2, 0.25) is 0 Å². The van der Waals surface area contributed by atoms with E-state index in [1.807, 2.05) is 24.3 Å². The Labute approximate surface area is 186 Å². The summed E-state index contributed by atoms with van der Waals surface area (Å²) in [7, 11) is 0. The summed E-state index contributed by atoms with van der Waals surface area (Å²) < 4.78 is 0. The van der Waals surface area contributed by atoms with Crippen LogP contribution in [0.4, 0.5) is 5.13 Å². The highest BCUT2D eigenvalue weighted by Crippen LogP contribution is 2.32. The van der Waals surface area contributed by atoms with Crippen molar-refractivity contribution in [1.82, 2.24) is 24.8 Å². The summed E-state index contributed by atoms with van der Waals surface area (Å²) in [6.45, 7) is 8.76. The maximum Gasteiger partial charge on any atom is 0.225 e. The Morgan fingerprint density at radius 3 is 2.45 bits per heavy atom. The molecule has 1 amide bonds. The van der Waals surface area contributed by atoms with Gasteiger partial charge in [-0.2, -0.15) is 0 Å². The second-order valence-corrected chi connectivity index (χ2v) is 9.23. The summed E-state index contributed by atoms with van der Waals surface area (Å²) in [5, 5.41) is 1.01. The van der Waals surface area contributed by atoms with E-state index in [9.17, 15) is 4.79 Å². The molecule has 0 N–H and O–H groups in total. The molecule has 0 spiro atoms. The second kappa shape index (κ2) is 8.88. The highest BCUT2D eigenvalue weighted by atomic mass is 32.1. The van der Waals surface area contributed by atoms with Gasteiger partial charge in [0, 0.05) is 63.1 Å². The monoisotopic (exact) mass is 436 g/mol. The van der Waals surface area contributed by atoms with Crippen LogP contribution in [0.3, 0.4) is 0 Å². The number of likely N-dealkylation sites (N-methyl/N-ethyl adjacent to an activating group) is 1. The lowest BCUT2D eigenvalue weighted by molar-refractivity contribution is -0.137. The van der Waals surface area contributed by atoms with E-state index in [0.717, 1.165) is 85.4 Å². The molecule has 3 aromatic heterocycles. The van der Waals surface area contributed by atoms with Gasteiger partial charge in [0.25, 0.3) is 0 Å². The summed E-state index contributed by atoms with van der Waals surface area (Å²) >= 11 is 1.64. The van der Waals surface area contributed by atoms with Crippen LogP contribution in [0.1, 0.15) is 19.8 Å². The van der Waals surface area contributed by atoms with Crippen molar-refractivity contribution in [3.63, 3.8) is 0 Å². The van der Waals surface area contributed by atoms with Gasteiger partial charge in [-0.15, -0.1) is 0 Å². The molecule has 2 aliphatic rings. The standard InChI is InChI=1S/C23H28N6OS/c1-2-27-13-15-28(16-14-27)22(30)18-7-11-29(12-8-18)23-26-20-4-3-19(25-21(20)31-23)17-5-9-24-10-6-17/h3-6,9-10,18H,2,7-8,11-16H2,1H3. The van der Waals surface area contributed by atoms with E-state index < -0.39 is 0 Å². The molecular formula is C23H28N6OS. The molecule has 5 rings (SSSR count). The van der Waals surface area contributed by atoms with Gasteiger partial charge in [-0.05, 0) is 43.7 Å². The van der Waals surface area contributed by atoms with Crippen LogP contribution >= 0.6 is 11.3 Å². The smallest absolute Gasteiger partial charge is 0.225 e. The van der Waals surface area contributed by atoms with Gasteiger partial charge in [0.05, 0.1) is 5.69 Å². The lowest BCUT2D eigenvalue weighted by atomic mass is 9.95. The molecule has 5 heterocycles. The quantitative estimate of drug-likeness (QED) is 0.626. The van der Waals surface area contributed by atoms with E-state index in [1.54, 1.807) is 23.7 Å². The highest BCUT2D eigenvalue weighted by Gasteiger charge is 2.31. The third kappa shape index (κ3) is 4.27. The van der Waals surface area contributed by atoms with Crippen LogP contribution in [-0.4, -0.2) is 76.5 Å². The highest BCUT2D eigenvalue weighted by molar-refractivity contribution is 7.21. The van der Waals surface area contributed by atoms with E-state index in [-0.39, 0.29) is 5.92 Å². The number of rotatable bonds is 4. The Kier molecular flexibility index (Phi) is 5.82. The normalized spacial score (nSPS) is 18.6. The predicted molar refractivity (Wildman–Crippen MR) is 124 cm³/mol. The third-order valence-electron chi connectivity index (χ3n) is 6.47. The SMILES string of the molecule is CCN1CCN(C(=O)C2CCN(c3nc4ccc(-c5ccncc5)nc4s3)CC2)CC1. The number of nitrogens with zero attached hydrogens (tertiary/aromatic N) is 6. The van der Waals surface area contributed by atoms with Crippen LogP contribution in [0.5, 0.6) is 0 Å². The molecule has 8 heteroatoms. The number of amides is 1. The molecule has 0 saturated carbocycles. The van der Waals surface area contributed by atoms with E-state index in [4.69, 9.17) is 9.97 Å². The zero-order valence-electron chi connectivity index (χ0n) is 17.9. The molecule has 0 radical (unpaired) electrons. The Morgan fingerprint density at radius 2 is 1.74 bits per heavy atom. The van der Waals surface area contributed by atoms with E-state index in [1.165, 1.54) is 0 Å². The van der Waals surface area contributed by atoms with Gasteiger partial charge >= 0.3 is 0 Å². The van der Waals surface area contributed by atoms with Crippen molar-refractivity contribution < 1.29 is 4.79 Å². The summed E-state index contributed by atoms with van der Waals surface area (Å²) in [6, 6.07) is 8.01. The molecule has 2 saturated heterocycles. The minimum Gasteiger partial charge on any atom is -0.348 e. The van der Waals surface area contributed by atoms with Crippen molar-refractivity contribution in [1.29, 1.82) is 0 Å². The van der Waals surface area contributed by atoms with Crippen molar-refractivity contribution in [2.24, 2.45) is 5.92 Å². The first-order chi connectivity index (χ1) is 15.2. The first kappa shape index (κ1) is 20.3. The van der Waals surface area contributed by atoms with Crippen molar-refractivity contribution in [2.45, 2.75) is 19.8 Å². The number of hydrogen-bond acceptors (Lipinski definition) is 7. The fourth-order valence-electron chi connectivity index (χ4n) is 4.48. The minimum atomic E-state index is 0.148. The Hall–Kier alpha value is -2.58. The minimum absolute atomic E-state index is 0.148. The molecule has 0 aliphatic carbocycles. The van der Waals surface area contributed by atoms with E-state index in [0.29, 0.717) is 5.91 Å². The van der Waals surface area contributed by atoms with E-state index >= 15 is 0 Å². The van der Waals surface area contributed by atoms with Crippen molar-refractivity contribution in [2.75, 3.05) is 50.7 Å². The number of anilines is 1. The topological polar surface area (TPSA) is 65.5 Å². The molecule has 7 nitrogen and oxygen atoms in total. The van der Waals surface area contributed by atoms with Gasteiger partial charge in [0.15, 0.2) is 5.13 Å². The first-order valence-electron chi connectivity index (χ1n) is 11.2. The number of carbonyl (C=O) groups excluding carboxylic acids is 1. The van der Waals surface area contributed by atoms with Crippen LogP contribution in [0.25, 0.3) is 21.6 Å². The number of fused-ring (bicyclic) bond motifs is 1. The van der Waals surface area contributed by atoms with Gasteiger partial charge in [-0.3, -0.25) is 9.78 Å². The average molecular weight is 437 g/mol. The fraction of sp³-hybridized carbons (Fsp3) is 0.478. The van der Waals surface area contributed by atoms with Gasteiger partial charge in [-0.1, -0.05) is 18.3 Å². The molecule has 0 aromatic carbocycles. The molecular weight excluding hydrogens is 408 g/mol. The van der Waals surface area contributed by atoms with Crippen LogP contribution in [0.15, 0.2) is 36.7 Å². The summed E-state index contributed by atoms with van der Waals surface area (Å²) in [6.07, 6.45) is 5.37. The number of piperidine rings is 1. The van der Waals surface area contributed by atoms with Gasteiger partial charge in [0.1, 0.15) is 10.3 Å². The number of piperazine rings is 1. The van der Waals surface area contributed by atoms with Crippen LogP contribution in [-0.2, 0) is 4.79 Å². The van der Waals surface area contributed by atoms with Crippen LogP contribution < -0.4 is 4.90 Å². The first-order valence-corrected chi connectivity index (χ1v) is 12.0. The average Bonchev–Trinajstić information content (AvgIpc) is 3.28. The zero-order chi connectivity index (χ0) is 21.2. The predicted octanol–water partition coefficient (Wildman–Crippen LogP) is 3.13. The molecule has 2 aliphatic heterocycles. The number of thiazole rings is 1. The number of pyridine rings is 2. The van der Waals surface area contributed by atoms with Crippen molar-refractivity contribution >= 4 is 32.7 Å². The molecule has 2 fully saturated rings. The summed E-state index contributed by atoms with van der Waals surface area (Å²) in [5.41, 5.74) is 2.94. The third-order valence-corrected chi connectivity index (χ3v) is 7.49. The fourth-order valence-corrected chi connectivity index (χ4v) is 5.48. The van der Waals surface area contributed by atoms with Gasteiger partial charge < -0.3 is 14.7 Å². The molecule has 3 aromatic rings.